The van der Waals surface area contributed by atoms with Crippen LogP contribution in [0.25, 0.3) is 10.9 Å². The largest absolute Gasteiger partial charge is 0.399 e. The Morgan fingerprint density at radius 2 is 2.00 bits per heavy atom. The highest BCUT2D eigenvalue weighted by Crippen LogP contribution is 2.22. The molecule has 3 nitrogen and oxygen atoms in total. The van der Waals surface area contributed by atoms with Gasteiger partial charge in [-0.3, -0.25) is 0 Å². The van der Waals surface area contributed by atoms with Crippen molar-refractivity contribution in [2.24, 2.45) is 0 Å². The zero-order valence-electron chi connectivity index (χ0n) is 11.6. The van der Waals surface area contributed by atoms with E-state index in [0.717, 1.165) is 29.0 Å². The summed E-state index contributed by atoms with van der Waals surface area (Å²) in [5, 5.41) is 4.44. The number of nitrogens with one attached hydrogen (secondary N) is 1. The van der Waals surface area contributed by atoms with Crippen LogP contribution in [0.15, 0.2) is 36.4 Å². The summed E-state index contributed by atoms with van der Waals surface area (Å²) in [6, 6.07) is 12.0. The minimum absolute atomic E-state index is 0.768. The minimum atomic E-state index is 0.768. The van der Waals surface area contributed by atoms with Gasteiger partial charge in [-0.1, -0.05) is 0 Å². The number of aromatic nitrogens is 1. The third-order valence-electron chi connectivity index (χ3n) is 3.37. The summed E-state index contributed by atoms with van der Waals surface area (Å²) in [5.41, 5.74) is 8.86. The maximum absolute atomic E-state index is 5.77. The quantitative estimate of drug-likeness (QED) is 0.711. The molecule has 0 saturated carbocycles. The first-order chi connectivity index (χ1) is 9.61. The first kappa shape index (κ1) is 12.9. The topological polar surface area (TPSA) is 50.9 Å². The molecule has 0 radical (unpaired) electrons. The molecule has 2 aromatic heterocycles. The van der Waals surface area contributed by atoms with Crippen LogP contribution < -0.4 is 11.1 Å². The van der Waals surface area contributed by atoms with Crippen molar-refractivity contribution in [3.63, 3.8) is 0 Å². The number of anilines is 2. The van der Waals surface area contributed by atoms with Crippen LogP contribution in [0.4, 0.5) is 11.5 Å². The number of nitrogen functional groups attached to an aromatic ring is 1. The van der Waals surface area contributed by atoms with Crippen molar-refractivity contribution in [3.05, 3.63) is 51.7 Å². The van der Waals surface area contributed by atoms with Crippen LogP contribution in [-0.4, -0.2) is 4.98 Å². The normalized spacial score (nSPS) is 10.9. The average Bonchev–Trinajstić information content (AvgIpc) is 2.75. The molecule has 1 aromatic carbocycles. The molecule has 0 unspecified atom stereocenters. The van der Waals surface area contributed by atoms with E-state index >= 15 is 0 Å². The second kappa shape index (κ2) is 5.13. The maximum Gasteiger partial charge on any atom is 0.126 e. The molecule has 20 heavy (non-hydrogen) atoms. The predicted octanol–water partition coefficient (Wildman–Crippen LogP) is 4.11. The van der Waals surface area contributed by atoms with Gasteiger partial charge < -0.3 is 11.1 Å². The van der Waals surface area contributed by atoms with Crippen LogP contribution in [0.2, 0.25) is 0 Å². The van der Waals surface area contributed by atoms with Crippen molar-refractivity contribution in [1.29, 1.82) is 0 Å². The lowest BCUT2D eigenvalue weighted by Crippen LogP contribution is -1.99. The molecular formula is C16H17N3S. The highest BCUT2D eigenvalue weighted by Gasteiger charge is 2.03. The van der Waals surface area contributed by atoms with E-state index < -0.39 is 0 Å². The van der Waals surface area contributed by atoms with E-state index in [4.69, 9.17) is 5.73 Å². The van der Waals surface area contributed by atoms with E-state index in [-0.39, 0.29) is 0 Å². The van der Waals surface area contributed by atoms with Gasteiger partial charge in [0.15, 0.2) is 0 Å². The monoisotopic (exact) mass is 283 g/mol. The first-order valence-electron chi connectivity index (χ1n) is 6.58. The van der Waals surface area contributed by atoms with Gasteiger partial charge in [0, 0.05) is 20.8 Å². The van der Waals surface area contributed by atoms with E-state index in [1.54, 1.807) is 0 Å². The van der Waals surface area contributed by atoms with E-state index in [0.29, 0.717) is 0 Å². The molecule has 0 spiro atoms. The van der Waals surface area contributed by atoms with Crippen LogP contribution in [0.3, 0.4) is 0 Å². The number of hydrogen-bond acceptors (Lipinski definition) is 4. The minimum Gasteiger partial charge on any atom is -0.399 e. The van der Waals surface area contributed by atoms with E-state index in [2.05, 4.69) is 30.2 Å². The van der Waals surface area contributed by atoms with Gasteiger partial charge >= 0.3 is 0 Å². The Kier molecular flexibility index (Phi) is 3.32. The highest BCUT2D eigenvalue weighted by atomic mass is 32.1. The number of benzene rings is 1. The molecular weight excluding hydrogens is 266 g/mol. The number of hydrogen-bond donors (Lipinski definition) is 2. The Morgan fingerprint density at radius 3 is 2.75 bits per heavy atom. The molecule has 0 saturated heterocycles. The van der Waals surface area contributed by atoms with Gasteiger partial charge in [-0.2, -0.15) is 0 Å². The van der Waals surface area contributed by atoms with Gasteiger partial charge in [0.1, 0.15) is 5.82 Å². The molecule has 0 amide bonds. The summed E-state index contributed by atoms with van der Waals surface area (Å²) in [7, 11) is 0. The van der Waals surface area contributed by atoms with Gasteiger partial charge in [-0.25, -0.2) is 4.98 Å². The molecule has 2 heterocycles. The molecule has 102 valence electrons. The summed E-state index contributed by atoms with van der Waals surface area (Å²) in [5.74, 6) is 0.894. The predicted molar refractivity (Wildman–Crippen MR) is 87.3 cm³/mol. The second-order valence-corrected chi connectivity index (χ2v) is 6.29. The fraction of sp³-hybridized carbons (Fsp3) is 0.188. The number of fused-ring (bicyclic) bond motifs is 1. The number of nitrogens with zero attached hydrogens (tertiary/aromatic N) is 1. The molecule has 0 aliphatic carbocycles. The molecule has 0 fully saturated rings. The number of nitrogens with two attached hydrogens (primary N) is 1. The maximum atomic E-state index is 5.77. The third-order valence-corrected chi connectivity index (χ3v) is 4.53. The van der Waals surface area contributed by atoms with Crippen LogP contribution in [-0.2, 0) is 6.54 Å². The van der Waals surface area contributed by atoms with Crippen molar-refractivity contribution in [3.8, 4) is 0 Å². The van der Waals surface area contributed by atoms with Crippen LogP contribution in [0.5, 0.6) is 0 Å². The van der Waals surface area contributed by atoms with Crippen LogP contribution in [0, 0.1) is 13.8 Å². The smallest absolute Gasteiger partial charge is 0.126 e. The van der Waals surface area contributed by atoms with Crippen LogP contribution >= 0.6 is 11.3 Å². The number of pyridine rings is 1. The SMILES string of the molecule is Cc1cc(CNc2ccc3cc(N)ccc3n2)sc1C. The van der Waals surface area contributed by atoms with Crippen molar-refractivity contribution in [1.82, 2.24) is 4.98 Å². The molecule has 0 atom stereocenters. The Labute approximate surface area is 122 Å². The highest BCUT2D eigenvalue weighted by molar-refractivity contribution is 7.12. The Morgan fingerprint density at radius 1 is 1.15 bits per heavy atom. The molecule has 3 rings (SSSR count). The fourth-order valence-electron chi connectivity index (χ4n) is 2.16. The molecule has 3 N–H and O–H groups in total. The Hall–Kier alpha value is -2.07. The molecule has 4 heteroatoms. The van der Waals surface area contributed by atoms with Gasteiger partial charge in [0.25, 0.3) is 0 Å². The Balaban J connectivity index is 1.79. The lowest BCUT2D eigenvalue weighted by atomic mass is 10.2. The molecule has 0 bridgehead atoms. The zero-order valence-corrected chi connectivity index (χ0v) is 12.4. The Bertz CT molecular complexity index is 742. The van der Waals surface area contributed by atoms with Crippen molar-refractivity contribution in [2.75, 3.05) is 11.1 Å². The lowest BCUT2D eigenvalue weighted by molar-refractivity contribution is 1.15. The first-order valence-corrected chi connectivity index (χ1v) is 7.39. The van der Waals surface area contributed by atoms with Gasteiger partial charge in [-0.15, -0.1) is 11.3 Å². The summed E-state index contributed by atoms with van der Waals surface area (Å²) in [6.45, 7) is 5.11. The van der Waals surface area contributed by atoms with Crippen molar-refractivity contribution >= 4 is 33.7 Å². The molecule has 3 aromatic rings. The molecule has 0 aliphatic rings. The van der Waals surface area contributed by atoms with E-state index in [1.165, 1.54) is 15.3 Å². The van der Waals surface area contributed by atoms with Crippen molar-refractivity contribution in [2.45, 2.75) is 20.4 Å². The van der Waals surface area contributed by atoms with Crippen LogP contribution in [0.1, 0.15) is 15.3 Å². The van der Waals surface area contributed by atoms with Gasteiger partial charge in [0.05, 0.1) is 12.1 Å². The lowest BCUT2D eigenvalue weighted by Gasteiger charge is -2.06. The fourth-order valence-corrected chi connectivity index (χ4v) is 3.15. The second-order valence-electron chi connectivity index (χ2n) is 4.95. The van der Waals surface area contributed by atoms with E-state index in [1.807, 2.05) is 41.7 Å². The average molecular weight is 283 g/mol. The van der Waals surface area contributed by atoms with Gasteiger partial charge in [-0.05, 0) is 55.8 Å². The van der Waals surface area contributed by atoms with Crippen molar-refractivity contribution < 1.29 is 0 Å². The number of rotatable bonds is 3. The molecule has 0 aliphatic heterocycles. The summed E-state index contributed by atoms with van der Waals surface area (Å²) < 4.78 is 0. The summed E-state index contributed by atoms with van der Waals surface area (Å²) in [6.07, 6.45) is 0. The van der Waals surface area contributed by atoms with Gasteiger partial charge in [0.2, 0.25) is 0 Å². The van der Waals surface area contributed by atoms with E-state index in [9.17, 15) is 0 Å². The zero-order chi connectivity index (χ0) is 14.1. The summed E-state index contributed by atoms with van der Waals surface area (Å²) >= 11 is 1.83. The third kappa shape index (κ3) is 2.60. The summed E-state index contributed by atoms with van der Waals surface area (Å²) in [4.78, 5) is 7.31. The number of aryl methyl sites for hydroxylation is 2. The standard InChI is InChI=1S/C16H17N3S/c1-10-7-14(20-11(10)2)9-18-16-6-3-12-8-13(17)4-5-15(12)19-16/h3-8H,9,17H2,1-2H3,(H,18,19). The number of thiophene rings is 1.